The molecule has 3 N–H and O–H groups in total. The first kappa shape index (κ1) is 19.6. The zero-order valence-corrected chi connectivity index (χ0v) is 17.8. The number of carbonyl (C=O) groups excluding carboxylic acids is 1. The molecule has 31 heavy (non-hydrogen) atoms. The highest BCUT2D eigenvalue weighted by Gasteiger charge is 2.31. The minimum atomic E-state index is -0.240. The van der Waals surface area contributed by atoms with Crippen LogP contribution >= 0.6 is 0 Å². The molecule has 1 saturated heterocycles. The predicted molar refractivity (Wildman–Crippen MR) is 121 cm³/mol. The second kappa shape index (κ2) is 7.70. The summed E-state index contributed by atoms with van der Waals surface area (Å²) < 4.78 is 5.62. The van der Waals surface area contributed by atoms with Gasteiger partial charge in [-0.15, -0.1) is 0 Å². The van der Waals surface area contributed by atoms with Crippen LogP contribution in [0.4, 0.5) is 17.3 Å². The zero-order chi connectivity index (χ0) is 21.5. The van der Waals surface area contributed by atoms with Gasteiger partial charge in [-0.25, -0.2) is 9.97 Å². The van der Waals surface area contributed by atoms with Crippen LogP contribution in [0.1, 0.15) is 11.1 Å². The Balaban J connectivity index is 1.42. The van der Waals surface area contributed by atoms with Crippen molar-refractivity contribution in [3.8, 4) is 5.75 Å². The van der Waals surface area contributed by atoms with E-state index in [1.54, 1.807) is 7.11 Å². The number of benzene rings is 2. The lowest BCUT2D eigenvalue weighted by atomic mass is 9.98. The average Bonchev–Trinajstić information content (AvgIpc) is 2.71. The Morgan fingerprint density at radius 1 is 1.23 bits per heavy atom. The molecular formula is C23H26N6O2. The number of rotatable bonds is 5. The van der Waals surface area contributed by atoms with Crippen LogP contribution in [-0.2, 0) is 17.8 Å². The fraction of sp³-hybridized carbons (Fsp3) is 0.348. The molecule has 0 radical (unpaired) electrons. The maximum absolute atomic E-state index is 11.3. The Morgan fingerprint density at radius 2 is 2.06 bits per heavy atom. The summed E-state index contributed by atoms with van der Waals surface area (Å²) in [6.45, 7) is 3.27. The number of nitrogens with zero attached hydrogens (tertiary/aromatic N) is 4. The van der Waals surface area contributed by atoms with Gasteiger partial charge in [0.2, 0.25) is 11.9 Å². The molecule has 2 aliphatic heterocycles. The fourth-order valence-corrected chi connectivity index (χ4v) is 4.25. The van der Waals surface area contributed by atoms with E-state index in [0.29, 0.717) is 19.0 Å². The molecule has 5 rings (SSSR count). The second-order valence-electron chi connectivity index (χ2n) is 8.37. The van der Waals surface area contributed by atoms with Crippen molar-refractivity contribution < 1.29 is 9.53 Å². The van der Waals surface area contributed by atoms with Gasteiger partial charge in [-0.3, -0.25) is 4.79 Å². The summed E-state index contributed by atoms with van der Waals surface area (Å²) in [6, 6.07) is 10.3. The average molecular weight is 419 g/mol. The van der Waals surface area contributed by atoms with Gasteiger partial charge in [-0.1, -0.05) is 0 Å². The normalized spacial score (nSPS) is 16.6. The molecule has 1 amide bonds. The maximum Gasteiger partial charge on any atom is 0.227 e. The summed E-state index contributed by atoms with van der Waals surface area (Å²) in [5.41, 5.74) is 10.7. The van der Waals surface area contributed by atoms with E-state index in [0.717, 1.165) is 47.5 Å². The van der Waals surface area contributed by atoms with Gasteiger partial charge in [-0.05, 0) is 54.9 Å². The van der Waals surface area contributed by atoms with E-state index in [1.807, 2.05) is 24.4 Å². The highest BCUT2D eigenvalue weighted by Crippen LogP contribution is 2.33. The number of nitrogens with one attached hydrogen (secondary N) is 1. The summed E-state index contributed by atoms with van der Waals surface area (Å²) in [7, 11) is 3.82. The first-order valence-electron chi connectivity index (χ1n) is 10.5. The third-order valence-corrected chi connectivity index (χ3v) is 6.19. The molecule has 3 aromatic rings. The minimum absolute atomic E-state index is 0.0751. The van der Waals surface area contributed by atoms with Crippen molar-refractivity contribution >= 4 is 34.1 Å². The van der Waals surface area contributed by atoms with Gasteiger partial charge >= 0.3 is 0 Å². The number of amides is 1. The molecular weight excluding hydrogens is 392 g/mol. The van der Waals surface area contributed by atoms with Gasteiger partial charge < -0.3 is 25.6 Å². The number of aromatic nitrogens is 2. The van der Waals surface area contributed by atoms with Crippen LogP contribution < -0.4 is 20.7 Å². The number of carbonyl (C=O) groups is 1. The van der Waals surface area contributed by atoms with E-state index >= 15 is 0 Å². The van der Waals surface area contributed by atoms with Crippen molar-refractivity contribution in [3.63, 3.8) is 0 Å². The lowest BCUT2D eigenvalue weighted by Gasteiger charge is -2.39. The number of hydrogen-bond donors (Lipinski definition) is 2. The lowest BCUT2D eigenvalue weighted by Crippen LogP contribution is -2.52. The smallest absolute Gasteiger partial charge is 0.227 e. The first-order valence-corrected chi connectivity index (χ1v) is 10.5. The lowest BCUT2D eigenvalue weighted by molar-refractivity contribution is -0.122. The molecule has 1 aromatic heterocycles. The third kappa shape index (κ3) is 3.74. The molecule has 0 unspecified atom stereocenters. The van der Waals surface area contributed by atoms with E-state index in [9.17, 15) is 4.79 Å². The molecule has 3 heterocycles. The summed E-state index contributed by atoms with van der Waals surface area (Å²) in [5, 5.41) is 4.30. The Labute approximate surface area is 181 Å². The molecule has 0 aliphatic carbocycles. The van der Waals surface area contributed by atoms with Crippen LogP contribution in [0.2, 0.25) is 0 Å². The van der Waals surface area contributed by atoms with Crippen LogP contribution in [0.5, 0.6) is 5.75 Å². The van der Waals surface area contributed by atoms with Gasteiger partial charge in [0.15, 0.2) is 0 Å². The van der Waals surface area contributed by atoms with E-state index in [-0.39, 0.29) is 11.8 Å². The Bertz CT molecular complexity index is 1160. The summed E-state index contributed by atoms with van der Waals surface area (Å²) in [4.78, 5) is 25.0. The largest absolute Gasteiger partial charge is 0.495 e. The second-order valence-corrected chi connectivity index (χ2v) is 8.37. The molecule has 8 nitrogen and oxygen atoms in total. The van der Waals surface area contributed by atoms with E-state index in [1.165, 1.54) is 11.1 Å². The minimum Gasteiger partial charge on any atom is -0.495 e. The summed E-state index contributed by atoms with van der Waals surface area (Å²) in [6.07, 6.45) is 2.83. The highest BCUT2D eigenvalue weighted by atomic mass is 16.5. The molecule has 160 valence electrons. The molecule has 0 bridgehead atoms. The molecule has 0 spiro atoms. The third-order valence-electron chi connectivity index (χ3n) is 6.19. The van der Waals surface area contributed by atoms with E-state index in [2.05, 4.69) is 39.3 Å². The number of methoxy groups -OCH3 is 1. The van der Waals surface area contributed by atoms with Crippen LogP contribution in [0, 0.1) is 5.92 Å². The Kier molecular flexibility index (Phi) is 4.86. The molecule has 1 fully saturated rings. The number of likely N-dealkylation sites (N-methyl/N-ethyl adjacent to an activating group) is 1. The predicted octanol–water partition coefficient (Wildman–Crippen LogP) is 2.29. The fourth-order valence-electron chi connectivity index (χ4n) is 4.25. The quantitative estimate of drug-likeness (QED) is 0.656. The molecule has 2 aliphatic rings. The van der Waals surface area contributed by atoms with Crippen molar-refractivity contribution in [2.75, 3.05) is 44.0 Å². The van der Waals surface area contributed by atoms with E-state index < -0.39 is 0 Å². The van der Waals surface area contributed by atoms with Gasteiger partial charge in [-0.2, -0.15) is 0 Å². The maximum atomic E-state index is 11.3. The summed E-state index contributed by atoms with van der Waals surface area (Å²) >= 11 is 0. The van der Waals surface area contributed by atoms with E-state index in [4.69, 9.17) is 15.5 Å². The molecule has 0 atom stereocenters. The van der Waals surface area contributed by atoms with Crippen molar-refractivity contribution in [2.45, 2.75) is 13.0 Å². The molecule has 2 aromatic carbocycles. The number of fused-ring (bicyclic) bond motifs is 2. The van der Waals surface area contributed by atoms with Crippen LogP contribution in [-0.4, -0.2) is 54.6 Å². The van der Waals surface area contributed by atoms with Crippen LogP contribution in [0.3, 0.4) is 0 Å². The van der Waals surface area contributed by atoms with Crippen LogP contribution in [0.25, 0.3) is 10.9 Å². The number of primary amides is 1. The number of hydrogen-bond acceptors (Lipinski definition) is 7. The number of ether oxygens (including phenoxy) is 1. The Hall–Kier alpha value is -3.39. The van der Waals surface area contributed by atoms with Crippen molar-refractivity contribution in [2.24, 2.45) is 11.7 Å². The standard InChI is InChI=1S/C23H26N6O2/c1-28-6-5-14-8-21(31-2)20(7-16(14)11-28)27-23-25-10-15-3-4-18(9-19(15)26-23)29-12-17(13-29)22(24)30/h3-4,7-10,17H,5-6,11-13H2,1-2H3,(H2,24,30)(H,25,26,27). The van der Waals surface area contributed by atoms with Gasteiger partial charge in [0.1, 0.15) is 5.75 Å². The van der Waals surface area contributed by atoms with Crippen LogP contribution in [0.15, 0.2) is 36.5 Å². The first-order chi connectivity index (χ1) is 15.0. The zero-order valence-electron chi connectivity index (χ0n) is 17.8. The van der Waals surface area contributed by atoms with Crippen molar-refractivity contribution in [1.82, 2.24) is 14.9 Å². The molecule has 8 heteroatoms. The monoisotopic (exact) mass is 418 g/mol. The highest BCUT2D eigenvalue weighted by molar-refractivity contribution is 5.85. The van der Waals surface area contributed by atoms with Crippen molar-refractivity contribution in [1.29, 1.82) is 0 Å². The molecule has 0 saturated carbocycles. The summed E-state index contributed by atoms with van der Waals surface area (Å²) in [5.74, 6) is 0.995. The van der Waals surface area contributed by atoms with Gasteiger partial charge in [0.05, 0.1) is 24.2 Å². The SMILES string of the molecule is COc1cc2c(cc1Nc1ncc3ccc(N4CC(C(N)=O)C4)cc3n1)CN(C)CC2. The topological polar surface area (TPSA) is 96.6 Å². The van der Waals surface area contributed by atoms with Gasteiger partial charge in [0, 0.05) is 43.4 Å². The Morgan fingerprint density at radius 3 is 2.84 bits per heavy atom. The number of nitrogens with two attached hydrogens (primary N) is 1. The van der Waals surface area contributed by atoms with Gasteiger partial charge in [0.25, 0.3) is 0 Å². The number of anilines is 3. The van der Waals surface area contributed by atoms with Crippen molar-refractivity contribution in [3.05, 3.63) is 47.7 Å².